The standard InChI is InChI=1S/C36H43Cl2N7O5S/c1-4-42(20-34(46-2)47-3)35(51)41-27-6-8-28(9-7-27)43-15-17-44(18-16-43)29-10-12-30(13-11-29)48-21-31-22-49-36(50-31,23-45-25-39-24-40-45)32-14-5-26(37)19-33(32)38/h5-14,19,24-25,31,34H,4,15-18,20-23H2,1-3H3,(H,41,51). The Balaban J connectivity index is 0.980. The van der Waals surface area contributed by atoms with Crippen molar-refractivity contribution < 1.29 is 23.7 Å². The maximum Gasteiger partial charge on any atom is 0.217 e. The van der Waals surface area contributed by atoms with Crippen molar-refractivity contribution >= 4 is 57.6 Å². The zero-order valence-electron chi connectivity index (χ0n) is 28.9. The van der Waals surface area contributed by atoms with E-state index in [-0.39, 0.29) is 18.9 Å². The molecule has 2 atom stereocenters. The molecule has 3 aromatic carbocycles. The number of methoxy groups -OCH3 is 2. The van der Waals surface area contributed by atoms with Gasteiger partial charge in [-0.1, -0.05) is 29.3 Å². The Morgan fingerprint density at radius 3 is 2.25 bits per heavy atom. The number of aromatic nitrogens is 3. The third-order valence-corrected chi connectivity index (χ3v) is 9.91. The molecule has 51 heavy (non-hydrogen) atoms. The number of nitrogens with zero attached hydrogens (tertiary/aromatic N) is 6. The second-order valence-electron chi connectivity index (χ2n) is 12.2. The van der Waals surface area contributed by atoms with E-state index in [0.717, 1.165) is 49.8 Å². The number of ether oxygens (including phenoxy) is 5. The normalized spacial score (nSPS) is 19.1. The molecule has 0 amide bonds. The first-order valence-electron chi connectivity index (χ1n) is 16.8. The minimum Gasteiger partial charge on any atom is -0.491 e. The Kier molecular flexibility index (Phi) is 12.5. The Hall–Kier alpha value is -3.69. The van der Waals surface area contributed by atoms with E-state index < -0.39 is 5.79 Å². The van der Waals surface area contributed by atoms with Crippen LogP contribution in [0.1, 0.15) is 12.5 Å². The highest BCUT2D eigenvalue weighted by molar-refractivity contribution is 7.80. The van der Waals surface area contributed by atoms with Crippen LogP contribution < -0.4 is 19.9 Å². The average molecular weight is 757 g/mol. The lowest BCUT2D eigenvalue weighted by Gasteiger charge is -2.37. The van der Waals surface area contributed by atoms with Crippen LogP contribution in [-0.2, 0) is 31.3 Å². The van der Waals surface area contributed by atoms with Gasteiger partial charge in [0.05, 0.1) is 18.2 Å². The van der Waals surface area contributed by atoms with Gasteiger partial charge >= 0.3 is 0 Å². The van der Waals surface area contributed by atoms with E-state index in [9.17, 15) is 0 Å². The Labute approximate surface area is 314 Å². The average Bonchev–Trinajstić information content (AvgIpc) is 3.82. The van der Waals surface area contributed by atoms with Crippen molar-refractivity contribution in [2.75, 3.05) is 81.8 Å². The van der Waals surface area contributed by atoms with Crippen LogP contribution in [0.2, 0.25) is 10.0 Å². The third kappa shape index (κ3) is 9.22. The second-order valence-corrected chi connectivity index (χ2v) is 13.4. The molecule has 4 aromatic rings. The molecular weight excluding hydrogens is 713 g/mol. The highest BCUT2D eigenvalue weighted by Crippen LogP contribution is 2.40. The SMILES string of the molecule is CCN(CC(OC)OC)C(=S)Nc1ccc(N2CCN(c3ccc(OCC4COC(Cn5cncn5)(c5ccc(Cl)cc5Cl)O4)cc3)CC2)cc1. The van der Waals surface area contributed by atoms with Crippen LogP contribution >= 0.6 is 35.4 Å². The van der Waals surface area contributed by atoms with E-state index in [4.69, 9.17) is 59.1 Å². The third-order valence-electron chi connectivity index (χ3n) is 9.00. The predicted octanol–water partition coefficient (Wildman–Crippen LogP) is 5.90. The molecule has 12 nitrogen and oxygen atoms in total. The van der Waals surface area contributed by atoms with E-state index in [1.807, 2.05) is 23.1 Å². The number of rotatable bonds is 14. The molecular formula is C36H43Cl2N7O5S. The predicted molar refractivity (Wildman–Crippen MR) is 203 cm³/mol. The maximum atomic E-state index is 6.59. The summed E-state index contributed by atoms with van der Waals surface area (Å²) in [4.78, 5) is 10.9. The zero-order chi connectivity index (χ0) is 35.8. The van der Waals surface area contributed by atoms with Gasteiger partial charge in [0, 0.05) is 74.6 Å². The summed E-state index contributed by atoms with van der Waals surface area (Å²) in [6, 6.07) is 21.9. The number of halogens is 2. The van der Waals surface area contributed by atoms with Crippen molar-refractivity contribution in [3.63, 3.8) is 0 Å². The highest BCUT2D eigenvalue weighted by atomic mass is 35.5. The minimum absolute atomic E-state index is 0.271. The monoisotopic (exact) mass is 755 g/mol. The lowest BCUT2D eigenvalue weighted by molar-refractivity contribution is -0.190. The van der Waals surface area contributed by atoms with E-state index in [2.05, 4.69) is 68.5 Å². The van der Waals surface area contributed by atoms with Crippen LogP contribution in [0.5, 0.6) is 5.75 Å². The quantitative estimate of drug-likeness (QED) is 0.123. The van der Waals surface area contributed by atoms with Crippen molar-refractivity contribution in [2.24, 2.45) is 0 Å². The summed E-state index contributed by atoms with van der Waals surface area (Å²) in [7, 11) is 3.25. The number of thiocarbonyl (C=S) groups is 1. The molecule has 272 valence electrons. The number of nitrogens with one attached hydrogen (secondary N) is 1. The van der Waals surface area contributed by atoms with Gasteiger partial charge in [0.2, 0.25) is 5.79 Å². The fourth-order valence-corrected chi connectivity index (χ4v) is 7.06. The minimum atomic E-state index is -1.16. The molecule has 0 spiro atoms. The van der Waals surface area contributed by atoms with Gasteiger partial charge < -0.3 is 43.7 Å². The van der Waals surface area contributed by atoms with Crippen molar-refractivity contribution in [1.29, 1.82) is 0 Å². The van der Waals surface area contributed by atoms with Crippen molar-refractivity contribution in [3.05, 3.63) is 95.0 Å². The van der Waals surface area contributed by atoms with Gasteiger partial charge in [-0.2, -0.15) is 5.10 Å². The Bertz CT molecular complexity index is 1710. The summed E-state index contributed by atoms with van der Waals surface area (Å²) in [6.45, 7) is 7.89. The molecule has 1 aromatic heterocycles. The van der Waals surface area contributed by atoms with Gasteiger partial charge in [0.1, 0.15) is 37.7 Å². The van der Waals surface area contributed by atoms with E-state index >= 15 is 0 Å². The van der Waals surface area contributed by atoms with Gasteiger partial charge in [-0.25, -0.2) is 9.67 Å². The van der Waals surface area contributed by atoms with Crippen molar-refractivity contribution in [1.82, 2.24) is 19.7 Å². The van der Waals surface area contributed by atoms with Crippen LogP contribution in [0, 0.1) is 0 Å². The lowest BCUT2D eigenvalue weighted by atomic mass is 10.1. The van der Waals surface area contributed by atoms with Crippen molar-refractivity contribution in [3.8, 4) is 5.75 Å². The highest BCUT2D eigenvalue weighted by Gasteiger charge is 2.45. The van der Waals surface area contributed by atoms with E-state index in [1.165, 1.54) is 12.0 Å². The summed E-state index contributed by atoms with van der Waals surface area (Å²) in [6.07, 6.45) is 2.41. The lowest BCUT2D eigenvalue weighted by Crippen LogP contribution is -2.46. The number of anilines is 3. The second kappa shape index (κ2) is 17.2. The first-order valence-corrected chi connectivity index (χ1v) is 18.0. The zero-order valence-corrected chi connectivity index (χ0v) is 31.2. The first-order chi connectivity index (χ1) is 24.8. The number of benzene rings is 3. The van der Waals surface area contributed by atoms with Crippen LogP contribution in [0.25, 0.3) is 0 Å². The van der Waals surface area contributed by atoms with E-state index in [1.54, 1.807) is 37.4 Å². The molecule has 15 heteroatoms. The number of hydrogen-bond donors (Lipinski definition) is 1. The molecule has 0 saturated carbocycles. The van der Waals surface area contributed by atoms with Crippen LogP contribution in [0.4, 0.5) is 17.1 Å². The Morgan fingerprint density at radius 2 is 1.67 bits per heavy atom. The maximum absolute atomic E-state index is 6.59. The van der Waals surface area contributed by atoms with Gasteiger partial charge in [-0.05, 0) is 79.8 Å². The molecule has 0 bridgehead atoms. The van der Waals surface area contributed by atoms with Gasteiger partial charge in [0.25, 0.3) is 0 Å². The molecule has 0 radical (unpaired) electrons. The number of hydrogen-bond acceptors (Lipinski definition) is 10. The Morgan fingerprint density at radius 1 is 1.00 bits per heavy atom. The topological polar surface area (TPSA) is 98.6 Å². The summed E-state index contributed by atoms with van der Waals surface area (Å²) in [5.41, 5.74) is 3.95. The number of piperazine rings is 1. The van der Waals surface area contributed by atoms with Gasteiger partial charge in [-0.15, -0.1) is 0 Å². The number of likely N-dealkylation sites (N-methyl/N-ethyl adjacent to an activating group) is 1. The molecule has 6 rings (SSSR count). The molecule has 2 aliphatic heterocycles. The summed E-state index contributed by atoms with van der Waals surface area (Å²) in [5.74, 6) is -0.399. The largest absolute Gasteiger partial charge is 0.491 e. The molecule has 1 N–H and O–H groups in total. The molecule has 2 fully saturated rings. The van der Waals surface area contributed by atoms with Gasteiger partial charge in [-0.3, -0.25) is 0 Å². The smallest absolute Gasteiger partial charge is 0.217 e. The molecule has 0 aliphatic carbocycles. The summed E-state index contributed by atoms with van der Waals surface area (Å²) in [5, 5.41) is 9.19. The summed E-state index contributed by atoms with van der Waals surface area (Å²) >= 11 is 18.4. The van der Waals surface area contributed by atoms with Crippen LogP contribution in [-0.4, -0.2) is 104 Å². The van der Waals surface area contributed by atoms with Crippen molar-refractivity contribution in [2.45, 2.75) is 31.6 Å². The fraction of sp³-hybridized carbons (Fsp3) is 0.417. The fourth-order valence-electron chi connectivity index (χ4n) is 6.19. The van der Waals surface area contributed by atoms with Crippen LogP contribution in [0.15, 0.2) is 79.4 Å². The van der Waals surface area contributed by atoms with Crippen LogP contribution in [0.3, 0.4) is 0 Å². The molecule has 3 heterocycles. The van der Waals surface area contributed by atoms with E-state index in [0.29, 0.717) is 40.5 Å². The molecule has 2 saturated heterocycles. The molecule has 2 aliphatic rings. The first kappa shape index (κ1) is 37.1. The summed E-state index contributed by atoms with van der Waals surface area (Å²) < 4.78 is 31.2. The molecule has 2 unspecified atom stereocenters. The van der Waals surface area contributed by atoms with Gasteiger partial charge in [0.15, 0.2) is 11.4 Å².